The maximum absolute atomic E-state index is 12.1. The summed E-state index contributed by atoms with van der Waals surface area (Å²) in [5.41, 5.74) is 1.45. The third-order valence-electron chi connectivity index (χ3n) is 4.25. The molecule has 1 amide bonds. The van der Waals surface area contributed by atoms with E-state index in [0.29, 0.717) is 22.2 Å². The Bertz CT molecular complexity index is 919. The van der Waals surface area contributed by atoms with Gasteiger partial charge in [-0.2, -0.15) is 0 Å². The first kappa shape index (κ1) is 18.5. The molecule has 0 spiro atoms. The zero-order valence-electron chi connectivity index (χ0n) is 14.9. The molecule has 2 N–H and O–H groups in total. The number of rotatable bonds is 2. The molecule has 2 aromatic rings. The van der Waals surface area contributed by atoms with Gasteiger partial charge < -0.3 is 29.0 Å². The highest BCUT2D eigenvalue weighted by Gasteiger charge is 2.32. The molecule has 0 radical (unpaired) electrons. The number of fused-ring (bicyclic) bond motifs is 3. The first-order valence-corrected chi connectivity index (χ1v) is 7.95. The maximum atomic E-state index is 12.1. The van der Waals surface area contributed by atoms with Crippen LogP contribution < -0.4 is 9.64 Å². The summed E-state index contributed by atoms with van der Waals surface area (Å²) >= 11 is 0. The Labute approximate surface area is 153 Å². The molecule has 1 aromatic carbocycles. The molecule has 2 heterocycles. The van der Waals surface area contributed by atoms with E-state index in [2.05, 4.69) is 9.72 Å². The molecule has 0 saturated carbocycles. The lowest BCUT2D eigenvalue weighted by Gasteiger charge is -2.32. The summed E-state index contributed by atoms with van der Waals surface area (Å²) in [4.78, 5) is 39.7. The minimum absolute atomic E-state index is 0.0110. The van der Waals surface area contributed by atoms with Crippen LogP contribution in [0.2, 0.25) is 0 Å². The monoisotopic (exact) mass is 378 g/mol. The van der Waals surface area contributed by atoms with Crippen molar-refractivity contribution in [3.8, 4) is 5.75 Å². The number of anilines is 1. The highest BCUT2D eigenvalue weighted by atomic mass is 16.7. The van der Waals surface area contributed by atoms with Gasteiger partial charge in [0.2, 0.25) is 0 Å². The summed E-state index contributed by atoms with van der Waals surface area (Å²) in [6, 6.07) is 2.96. The van der Waals surface area contributed by atoms with Crippen LogP contribution in [0.25, 0.3) is 10.9 Å². The van der Waals surface area contributed by atoms with Crippen molar-refractivity contribution in [1.29, 1.82) is 0 Å². The van der Waals surface area contributed by atoms with Gasteiger partial charge in [-0.15, -0.1) is 0 Å². The van der Waals surface area contributed by atoms with Gasteiger partial charge in [0.15, 0.2) is 5.75 Å². The Kier molecular flexibility index (Phi) is 4.91. The zero-order valence-corrected chi connectivity index (χ0v) is 14.9. The van der Waals surface area contributed by atoms with Gasteiger partial charge in [-0.1, -0.05) is 0 Å². The number of aromatic nitrogens is 1. The van der Waals surface area contributed by atoms with Crippen molar-refractivity contribution in [2.75, 3.05) is 32.8 Å². The molecule has 27 heavy (non-hydrogen) atoms. The van der Waals surface area contributed by atoms with E-state index in [1.54, 1.807) is 0 Å². The Morgan fingerprint density at radius 2 is 1.89 bits per heavy atom. The molecule has 10 heteroatoms. The van der Waals surface area contributed by atoms with Gasteiger partial charge in [0, 0.05) is 17.9 Å². The number of carbonyl (C=O) groups excluding carboxylic acids is 3. The van der Waals surface area contributed by atoms with Crippen LogP contribution in [0.5, 0.6) is 5.75 Å². The van der Waals surface area contributed by atoms with Crippen LogP contribution in [-0.4, -0.2) is 62.3 Å². The second-order valence-corrected chi connectivity index (χ2v) is 5.83. The standard InChI is InChI=1S/C17H18N2O8/c1-24-15(21)11-5-10-9-4-8(20)7-19(16(22)25-2)12(9)6-13(14(10)18-11)27-17(23)26-3/h5-6,8,18,20H,4,7H2,1-3H3/t8-/m1/s1. The first-order valence-electron chi connectivity index (χ1n) is 7.95. The number of nitrogens with zero attached hydrogens (tertiary/aromatic N) is 1. The first-order chi connectivity index (χ1) is 12.9. The molecule has 1 aliphatic rings. The van der Waals surface area contributed by atoms with E-state index in [1.807, 2.05) is 0 Å². The molecule has 10 nitrogen and oxygen atoms in total. The van der Waals surface area contributed by atoms with Crippen molar-refractivity contribution < 1.29 is 38.4 Å². The van der Waals surface area contributed by atoms with Gasteiger partial charge in [-0.05, 0) is 11.6 Å². The molecule has 0 saturated heterocycles. The van der Waals surface area contributed by atoms with Crippen LogP contribution in [0.15, 0.2) is 12.1 Å². The molecule has 0 unspecified atom stereocenters. The van der Waals surface area contributed by atoms with Crippen molar-refractivity contribution in [2.45, 2.75) is 12.5 Å². The molecule has 0 aliphatic carbocycles. The van der Waals surface area contributed by atoms with E-state index in [1.165, 1.54) is 31.3 Å². The van der Waals surface area contributed by atoms with Gasteiger partial charge in [0.1, 0.15) is 5.69 Å². The van der Waals surface area contributed by atoms with Gasteiger partial charge in [-0.3, -0.25) is 4.90 Å². The number of ether oxygens (including phenoxy) is 4. The summed E-state index contributed by atoms with van der Waals surface area (Å²) < 4.78 is 19.2. The van der Waals surface area contributed by atoms with Crippen LogP contribution >= 0.6 is 0 Å². The fourth-order valence-corrected chi connectivity index (χ4v) is 3.09. The number of hydrogen-bond donors (Lipinski definition) is 2. The van der Waals surface area contributed by atoms with E-state index in [0.717, 1.165) is 7.11 Å². The number of nitrogens with one attached hydrogen (secondary N) is 1. The number of β-amino-alcohol motifs (C(OH)–C–C–N with tert-alkyl or cyclic N) is 1. The lowest BCUT2D eigenvalue weighted by Crippen LogP contribution is -2.42. The third kappa shape index (κ3) is 3.26. The lowest BCUT2D eigenvalue weighted by molar-refractivity contribution is 0.0595. The molecular formula is C17H18N2O8. The molecule has 0 fully saturated rings. The Hall–Kier alpha value is -3.27. The predicted octanol–water partition coefficient (Wildman–Crippen LogP) is 1.59. The van der Waals surface area contributed by atoms with E-state index in [4.69, 9.17) is 14.2 Å². The van der Waals surface area contributed by atoms with E-state index < -0.39 is 24.3 Å². The average Bonchev–Trinajstić information content (AvgIpc) is 3.12. The molecule has 3 rings (SSSR count). The maximum Gasteiger partial charge on any atom is 0.513 e. The number of aliphatic hydroxyl groups excluding tert-OH is 1. The summed E-state index contributed by atoms with van der Waals surface area (Å²) in [6.07, 6.45) is -2.24. The zero-order chi connectivity index (χ0) is 19.7. The largest absolute Gasteiger partial charge is 0.513 e. The minimum atomic E-state index is -0.967. The summed E-state index contributed by atoms with van der Waals surface area (Å²) in [7, 11) is 3.61. The van der Waals surface area contributed by atoms with Crippen LogP contribution in [0.4, 0.5) is 15.3 Å². The summed E-state index contributed by atoms with van der Waals surface area (Å²) in [5.74, 6) is -0.568. The van der Waals surface area contributed by atoms with E-state index in [-0.39, 0.29) is 24.4 Å². The number of aromatic amines is 1. The second-order valence-electron chi connectivity index (χ2n) is 5.83. The van der Waals surface area contributed by atoms with Crippen LogP contribution in [0, 0.1) is 0 Å². The number of benzene rings is 1. The van der Waals surface area contributed by atoms with Crippen molar-refractivity contribution in [1.82, 2.24) is 4.98 Å². The third-order valence-corrected chi connectivity index (χ3v) is 4.25. The smallest absolute Gasteiger partial charge is 0.464 e. The fraction of sp³-hybridized carbons (Fsp3) is 0.353. The van der Waals surface area contributed by atoms with Crippen molar-refractivity contribution in [3.05, 3.63) is 23.4 Å². The number of methoxy groups -OCH3 is 3. The number of carbonyl (C=O) groups is 3. The van der Waals surface area contributed by atoms with Gasteiger partial charge in [0.25, 0.3) is 0 Å². The van der Waals surface area contributed by atoms with Crippen LogP contribution in [-0.2, 0) is 20.6 Å². The average molecular weight is 378 g/mol. The van der Waals surface area contributed by atoms with Gasteiger partial charge in [0.05, 0.1) is 45.2 Å². The molecule has 1 aliphatic heterocycles. The quantitative estimate of drug-likeness (QED) is 0.458. The Morgan fingerprint density at radius 1 is 1.15 bits per heavy atom. The van der Waals surface area contributed by atoms with Crippen molar-refractivity contribution in [3.63, 3.8) is 0 Å². The molecule has 1 aromatic heterocycles. The highest BCUT2D eigenvalue weighted by molar-refractivity contribution is 6.03. The minimum Gasteiger partial charge on any atom is -0.464 e. The molecule has 0 bridgehead atoms. The molecular weight excluding hydrogens is 360 g/mol. The predicted molar refractivity (Wildman–Crippen MR) is 92.1 cm³/mol. The number of esters is 1. The topological polar surface area (TPSA) is 127 Å². The normalized spacial score (nSPS) is 15.9. The van der Waals surface area contributed by atoms with Gasteiger partial charge >= 0.3 is 18.2 Å². The van der Waals surface area contributed by atoms with E-state index >= 15 is 0 Å². The highest BCUT2D eigenvalue weighted by Crippen LogP contribution is 2.40. The lowest BCUT2D eigenvalue weighted by atomic mass is 9.96. The molecule has 1 atom stereocenters. The summed E-state index contributed by atoms with van der Waals surface area (Å²) in [6.45, 7) is 0.0110. The van der Waals surface area contributed by atoms with Crippen molar-refractivity contribution in [2.24, 2.45) is 0 Å². The number of aliphatic hydroxyl groups is 1. The molecule has 144 valence electrons. The second kappa shape index (κ2) is 7.16. The van der Waals surface area contributed by atoms with Crippen LogP contribution in [0.3, 0.4) is 0 Å². The summed E-state index contributed by atoms with van der Waals surface area (Å²) in [5, 5.41) is 10.7. The Balaban J connectivity index is 2.26. The Morgan fingerprint density at radius 3 is 2.52 bits per heavy atom. The number of amides is 1. The van der Waals surface area contributed by atoms with Crippen molar-refractivity contribution >= 4 is 34.8 Å². The number of hydrogen-bond acceptors (Lipinski definition) is 8. The van der Waals surface area contributed by atoms with E-state index in [9.17, 15) is 19.5 Å². The fourth-order valence-electron chi connectivity index (χ4n) is 3.09. The van der Waals surface area contributed by atoms with Gasteiger partial charge in [-0.25, -0.2) is 14.4 Å². The SMILES string of the molecule is COC(=O)Oc1cc2c(c3cc(C(=O)OC)[nH]c13)C[C@@H](O)CN2C(=O)OC. The van der Waals surface area contributed by atoms with Crippen LogP contribution in [0.1, 0.15) is 16.1 Å². The number of H-pyrrole nitrogens is 1.